The first kappa shape index (κ1) is 16.5. The zero-order valence-electron chi connectivity index (χ0n) is 13.1. The molecule has 0 bridgehead atoms. The minimum absolute atomic E-state index is 0.0847. The number of nitrogens with zero attached hydrogens (tertiary/aromatic N) is 1. The van der Waals surface area contributed by atoms with Gasteiger partial charge in [0.05, 0.1) is 6.10 Å². The molecule has 1 aromatic carbocycles. The average Bonchev–Trinajstić information content (AvgIpc) is 2.35. The van der Waals surface area contributed by atoms with Crippen LogP contribution in [-0.4, -0.2) is 28.6 Å². The molecule has 0 radical (unpaired) electrons. The van der Waals surface area contributed by atoms with Crippen LogP contribution in [0.3, 0.4) is 0 Å². The SMILES string of the molecule is CC(C)CN(C(=O)Nc1ccc(C(C)O)cc1)C(C)C. The van der Waals surface area contributed by atoms with Crippen molar-refractivity contribution in [2.24, 2.45) is 5.92 Å². The lowest BCUT2D eigenvalue weighted by atomic mass is 10.1. The number of nitrogens with one attached hydrogen (secondary N) is 1. The number of carbonyl (C=O) groups excluding carboxylic acids is 1. The quantitative estimate of drug-likeness (QED) is 0.864. The molecule has 2 N–H and O–H groups in total. The van der Waals surface area contributed by atoms with Crippen LogP contribution < -0.4 is 5.32 Å². The van der Waals surface area contributed by atoms with Gasteiger partial charge in [-0.1, -0.05) is 26.0 Å². The number of aliphatic hydroxyl groups excluding tert-OH is 1. The van der Waals surface area contributed by atoms with Crippen LogP contribution in [0.5, 0.6) is 0 Å². The Labute approximate surface area is 121 Å². The molecule has 4 nitrogen and oxygen atoms in total. The molecule has 1 rings (SSSR count). The molecule has 1 unspecified atom stereocenters. The molecule has 0 aliphatic heterocycles. The minimum atomic E-state index is -0.493. The molecule has 1 atom stereocenters. The van der Waals surface area contributed by atoms with Gasteiger partial charge in [-0.05, 0) is 44.4 Å². The highest BCUT2D eigenvalue weighted by Crippen LogP contribution is 2.16. The van der Waals surface area contributed by atoms with Gasteiger partial charge in [0.15, 0.2) is 0 Å². The van der Waals surface area contributed by atoms with E-state index in [1.54, 1.807) is 6.92 Å². The Morgan fingerprint density at radius 2 is 1.70 bits per heavy atom. The van der Waals surface area contributed by atoms with E-state index in [9.17, 15) is 9.90 Å². The first-order chi connectivity index (χ1) is 9.31. The van der Waals surface area contributed by atoms with E-state index in [1.807, 2.05) is 43.0 Å². The highest BCUT2D eigenvalue weighted by molar-refractivity contribution is 5.89. The maximum atomic E-state index is 12.3. The predicted octanol–water partition coefficient (Wildman–Crippen LogP) is 3.64. The second kappa shape index (κ2) is 7.29. The average molecular weight is 278 g/mol. The summed E-state index contributed by atoms with van der Waals surface area (Å²) in [7, 11) is 0. The summed E-state index contributed by atoms with van der Waals surface area (Å²) in [5, 5.41) is 12.4. The Balaban J connectivity index is 2.72. The van der Waals surface area contributed by atoms with Crippen molar-refractivity contribution in [2.45, 2.75) is 46.8 Å². The molecule has 0 saturated carbocycles. The highest BCUT2D eigenvalue weighted by Gasteiger charge is 2.18. The summed E-state index contributed by atoms with van der Waals surface area (Å²) in [5.74, 6) is 0.431. The molecule has 0 fully saturated rings. The molecule has 0 spiro atoms. The van der Waals surface area contributed by atoms with Gasteiger partial charge in [0.1, 0.15) is 0 Å². The smallest absolute Gasteiger partial charge is 0.322 e. The molecule has 0 aliphatic rings. The Bertz CT molecular complexity index is 425. The number of anilines is 1. The third kappa shape index (κ3) is 4.85. The van der Waals surface area contributed by atoms with Crippen LogP contribution in [0, 0.1) is 5.92 Å². The number of urea groups is 1. The van der Waals surface area contributed by atoms with E-state index in [4.69, 9.17) is 0 Å². The van der Waals surface area contributed by atoms with Crippen LogP contribution in [-0.2, 0) is 0 Å². The van der Waals surface area contributed by atoms with E-state index in [-0.39, 0.29) is 12.1 Å². The molecule has 0 heterocycles. The van der Waals surface area contributed by atoms with Gasteiger partial charge in [0.25, 0.3) is 0 Å². The summed E-state index contributed by atoms with van der Waals surface area (Å²) >= 11 is 0. The van der Waals surface area contributed by atoms with Crippen LogP contribution in [0.2, 0.25) is 0 Å². The second-order valence-electron chi connectivity index (χ2n) is 5.87. The van der Waals surface area contributed by atoms with E-state index < -0.39 is 6.10 Å². The van der Waals surface area contributed by atoms with Gasteiger partial charge in [-0.2, -0.15) is 0 Å². The zero-order chi connectivity index (χ0) is 15.3. The van der Waals surface area contributed by atoms with Crippen LogP contribution >= 0.6 is 0 Å². The molecule has 2 amide bonds. The predicted molar refractivity (Wildman–Crippen MR) is 82.8 cm³/mol. The van der Waals surface area contributed by atoms with Gasteiger partial charge in [0.2, 0.25) is 0 Å². The Morgan fingerprint density at radius 1 is 1.15 bits per heavy atom. The van der Waals surface area contributed by atoms with Crippen molar-refractivity contribution >= 4 is 11.7 Å². The number of hydrogen-bond donors (Lipinski definition) is 2. The van der Waals surface area contributed by atoms with Gasteiger partial charge >= 0.3 is 6.03 Å². The molecular weight excluding hydrogens is 252 g/mol. The zero-order valence-corrected chi connectivity index (χ0v) is 13.1. The summed E-state index contributed by atoms with van der Waals surface area (Å²) < 4.78 is 0. The van der Waals surface area contributed by atoms with E-state index in [1.165, 1.54) is 0 Å². The normalized spacial score (nSPS) is 12.6. The summed E-state index contributed by atoms with van der Waals surface area (Å²) in [4.78, 5) is 14.1. The van der Waals surface area contributed by atoms with E-state index in [0.717, 1.165) is 17.8 Å². The Kier molecular flexibility index (Phi) is 6.02. The number of aliphatic hydroxyl groups is 1. The fraction of sp³-hybridized carbons (Fsp3) is 0.562. The van der Waals surface area contributed by atoms with Crippen molar-refractivity contribution < 1.29 is 9.90 Å². The monoisotopic (exact) mass is 278 g/mol. The maximum absolute atomic E-state index is 12.3. The largest absolute Gasteiger partial charge is 0.389 e. The standard InChI is InChI=1S/C16H26N2O2/c1-11(2)10-18(12(3)4)16(20)17-15-8-6-14(7-9-15)13(5)19/h6-9,11-13,19H,10H2,1-5H3,(H,17,20). The summed E-state index contributed by atoms with van der Waals surface area (Å²) in [6.45, 7) is 10.7. The topological polar surface area (TPSA) is 52.6 Å². The summed E-state index contributed by atoms with van der Waals surface area (Å²) in [6.07, 6.45) is -0.493. The van der Waals surface area contributed by atoms with Gasteiger partial charge < -0.3 is 15.3 Å². The molecule has 20 heavy (non-hydrogen) atoms. The number of benzene rings is 1. The number of amides is 2. The highest BCUT2D eigenvalue weighted by atomic mass is 16.3. The first-order valence-electron chi connectivity index (χ1n) is 7.17. The van der Waals surface area contributed by atoms with Gasteiger partial charge in [-0.25, -0.2) is 4.79 Å². The third-order valence-electron chi connectivity index (χ3n) is 3.09. The Morgan fingerprint density at radius 3 is 2.10 bits per heavy atom. The fourth-order valence-electron chi connectivity index (χ4n) is 1.96. The maximum Gasteiger partial charge on any atom is 0.322 e. The Hall–Kier alpha value is -1.55. The molecule has 0 saturated heterocycles. The van der Waals surface area contributed by atoms with Gasteiger partial charge in [0, 0.05) is 18.3 Å². The number of carbonyl (C=O) groups is 1. The van der Waals surface area contributed by atoms with Crippen LogP contribution in [0.15, 0.2) is 24.3 Å². The lowest BCUT2D eigenvalue weighted by Crippen LogP contribution is -2.42. The number of hydrogen-bond acceptors (Lipinski definition) is 2. The lowest BCUT2D eigenvalue weighted by molar-refractivity contribution is 0.188. The van der Waals surface area contributed by atoms with E-state index in [2.05, 4.69) is 19.2 Å². The van der Waals surface area contributed by atoms with Crippen molar-refractivity contribution in [1.82, 2.24) is 4.90 Å². The molecule has 4 heteroatoms. The van der Waals surface area contributed by atoms with Gasteiger partial charge in [-0.15, -0.1) is 0 Å². The van der Waals surface area contributed by atoms with Crippen molar-refractivity contribution in [2.75, 3.05) is 11.9 Å². The molecule has 0 aliphatic carbocycles. The molecule has 112 valence electrons. The van der Waals surface area contributed by atoms with Crippen molar-refractivity contribution in [3.8, 4) is 0 Å². The molecule has 1 aromatic rings. The third-order valence-corrected chi connectivity index (χ3v) is 3.09. The van der Waals surface area contributed by atoms with E-state index >= 15 is 0 Å². The van der Waals surface area contributed by atoms with Crippen LogP contribution in [0.25, 0.3) is 0 Å². The van der Waals surface area contributed by atoms with E-state index in [0.29, 0.717) is 5.92 Å². The van der Waals surface area contributed by atoms with Crippen molar-refractivity contribution in [3.63, 3.8) is 0 Å². The van der Waals surface area contributed by atoms with Crippen molar-refractivity contribution in [1.29, 1.82) is 0 Å². The number of rotatable bonds is 5. The minimum Gasteiger partial charge on any atom is -0.389 e. The van der Waals surface area contributed by atoms with Crippen LogP contribution in [0.1, 0.15) is 46.3 Å². The first-order valence-corrected chi connectivity index (χ1v) is 7.17. The summed E-state index contributed by atoms with van der Waals surface area (Å²) in [6, 6.07) is 7.35. The molecular formula is C16H26N2O2. The fourth-order valence-corrected chi connectivity index (χ4v) is 1.96. The summed E-state index contributed by atoms with van der Waals surface area (Å²) in [5.41, 5.74) is 1.58. The second-order valence-corrected chi connectivity index (χ2v) is 5.87. The molecule has 0 aromatic heterocycles. The van der Waals surface area contributed by atoms with Crippen molar-refractivity contribution in [3.05, 3.63) is 29.8 Å². The van der Waals surface area contributed by atoms with Gasteiger partial charge in [-0.3, -0.25) is 0 Å². The lowest BCUT2D eigenvalue weighted by Gasteiger charge is -2.28. The van der Waals surface area contributed by atoms with Crippen LogP contribution in [0.4, 0.5) is 10.5 Å².